The van der Waals surface area contributed by atoms with Crippen LogP contribution in [0.3, 0.4) is 0 Å². The van der Waals surface area contributed by atoms with Crippen molar-refractivity contribution < 1.29 is 4.92 Å². The Morgan fingerprint density at radius 2 is 2.05 bits per heavy atom. The molecule has 0 saturated heterocycles. The summed E-state index contributed by atoms with van der Waals surface area (Å²) < 4.78 is 0. The van der Waals surface area contributed by atoms with Gasteiger partial charge in [0.1, 0.15) is 5.69 Å². The van der Waals surface area contributed by atoms with Gasteiger partial charge >= 0.3 is 5.69 Å². The number of anilines is 1. The Morgan fingerprint density at radius 3 is 2.63 bits per heavy atom. The molecule has 1 fully saturated rings. The van der Waals surface area contributed by atoms with E-state index in [1.807, 2.05) is 0 Å². The van der Waals surface area contributed by atoms with Crippen LogP contribution in [-0.2, 0) is 0 Å². The quantitative estimate of drug-likeness (QED) is 0.521. The summed E-state index contributed by atoms with van der Waals surface area (Å²) in [7, 11) is 0. The van der Waals surface area contributed by atoms with Crippen molar-refractivity contribution in [3.8, 4) is 0 Å². The van der Waals surface area contributed by atoms with E-state index in [2.05, 4.69) is 22.2 Å². The topological polar surface area (TPSA) is 81.0 Å². The molecule has 2 rings (SSSR count). The van der Waals surface area contributed by atoms with Crippen LogP contribution in [0, 0.1) is 22.5 Å². The summed E-state index contributed by atoms with van der Waals surface area (Å²) in [5.41, 5.74) is 0.370. The average molecular weight is 285 g/mol. The number of halogens is 1. The molecule has 0 aromatic carbocycles. The number of nitro groups is 1. The van der Waals surface area contributed by atoms with E-state index in [4.69, 9.17) is 11.6 Å². The van der Waals surface area contributed by atoms with Gasteiger partial charge in [-0.05, 0) is 36.8 Å². The van der Waals surface area contributed by atoms with Crippen LogP contribution in [0.2, 0.25) is 5.28 Å². The minimum absolute atomic E-state index is 0.0298. The lowest BCUT2D eigenvalue weighted by Crippen LogP contribution is -2.24. The number of aromatic nitrogens is 2. The number of nitrogens with one attached hydrogen (secondary N) is 1. The summed E-state index contributed by atoms with van der Waals surface area (Å²) in [6, 6.07) is 0. The molecule has 104 valence electrons. The van der Waals surface area contributed by atoms with E-state index in [0.29, 0.717) is 6.54 Å². The zero-order valence-electron chi connectivity index (χ0n) is 11.1. The molecule has 1 aromatic heterocycles. The maximum absolute atomic E-state index is 11.1. The molecule has 0 radical (unpaired) electrons. The second-order valence-corrected chi connectivity index (χ2v) is 5.74. The van der Waals surface area contributed by atoms with Gasteiger partial charge in [0.15, 0.2) is 0 Å². The van der Waals surface area contributed by atoms with Crippen molar-refractivity contribution >= 4 is 23.1 Å². The van der Waals surface area contributed by atoms with Gasteiger partial charge in [0, 0.05) is 6.54 Å². The molecule has 7 heteroatoms. The van der Waals surface area contributed by atoms with Crippen molar-refractivity contribution in [3.63, 3.8) is 0 Å². The molecule has 1 N–H and O–H groups in total. The first kappa shape index (κ1) is 14.0. The van der Waals surface area contributed by atoms with Crippen molar-refractivity contribution in [2.75, 3.05) is 11.9 Å². The zero-order valence-corrected chi connectivity index (χ0v) is 11.8. The maximum Gasteiger partial charge on any atom is 0.332 e. The zero-order chi connectivity index (χ0) is 14.0. The molecule has 1 saturated carbocycles. The van der Waals surface area contributed by atoms with Crippen LogP contribution in [0.1, 0.15) is 38.3 Å². The van der Waals surface area contributed by atoms with Gasteiger partial charge in [-0.25, -0.2) is 4.98 Å². The molecule has 1 heterocycles. The Kier molecular flexibility index (Phi) is 3.89. The highest BCUT2D eigenvalue weighted by Gasteiger charge is 2.30. The van der Waals surface area contributed by atoms with E-state index in [-0.39, 0.29) is 27.9 Å². The van der Waals surface area contributed by atoms with Gasteiger partial charge in [0.05, 0.1) is 4.92 Å². The fourth-order valence-corrected chi connectivity index (χ4v) is 2.79. The van der Waals surface area contributed by atoms with E-state index in [9.17, 15) is 10.1 Å². The van der Waals surface area contributed by atoms with Crippen LogP contribution in [-0.4, -0.2) is 21.4 Å². The molecule has 0 atom stereocenters. The molecule has 1 aliphatic carbocycles. The number of rotatable bonds is 4. The van der Waals surface area contributed by atoms with Gasteiger partial charge in [0.2, 0.25) is 11.1 Å². The molecule has 0 bridgehead atoms. The largest absolute Gasteiger partial charge is 0.364 e. The average Bonchev–Trinajstić information content (AvgIpc) is 2.72. The van der Waals surface area contributed by atoms with Crippen molar-refractivity contribution in [1.29, 1.82) is 0 Å². The second-order valence-electron chi connectivity index (χ2n) is 5.40. The molecule has 1 aliphatic rings. The SMILES string of the molecule is Cc1nc(Cl)nc(NCC2(C)CCCC2)c1[N+](=O)[O-]. The monoisotopic (exact) mass is 284 g/mol. The third-order valence-corrected chi connectivity index (χ3v) is 3.88. The van der Waals surface area contributed by atoms with Crippen LogP contribution < -0.4 is 5.32 Å². The summed E-state index contributed by atoms with van der Waals surface area (Å²) in [4.78, 5) is 18.4. The van der Waals surface area contributed by atoms with Gasteiger partial charge in [-0.3, -0.25) is 10.1 Å². The highest BCUT2D eigenvalue weighted by Crippen LogP contribution is 2.38. The summed E-state index contributed by atoms with van der Waals surface area (Å²) in [5, 5.41) is 14.2. The minimum atomic E-state index is -0.467. The number of hydrogen-bond acceptors (Lipinski definition) is 5. The predicted molar refractivity (Wildman–Crippen MR) is 73.5 cm³/mol. The summed E-state index contributed by atoms with van der Waals surface area (Å²) in [6.07, 6.45) is 4.69. The van der Waals surface area contributed by atoms with Crippen LogP contribution >= 0.6 is 11.6 Å². The van der Waals surface area contributed by atoms with Crippen LogP contribution in [0.25, 0.3) is 0 Å². The molecular weight excluding hydrogens is 268 g/mol. The molecule has 6 nitrogen and oxygen atoms in total. The third-order valence-electron chi connectivity index (χ3n) is 3.71. The van der Waals surface area contributed by atoms with Gasteiger partial charge in [-0.2, -0.15) is 4.98 Å². The smallest absolute Gasteiger partial charge is 0.332 e. The first-order valence-corrected chi connectivity index (χ1v) is 6.71. The Hall–Kier alpha value is -1.43. The third kappa shape index (κ3) is 3.12. The molecule has 0 amide bonds. The fourth-order valence-electron chi connectivity index (χ4n) is 2.58. The molecule has 0 spiro atoms. The lowest BCUT2D eigenvalue weighted by Gasteiger charge is -2.23. The standard InChI is InChI=1S/C12H17ClN4O2/c1-8-9(17(18)19)10(16-11(13)15-8)14-7-12(2)5-3-4-6-12/h3-7H2,1-2H3,(H,14,15,16). The highest BCUT2D eigenvalue weighted by atomic mass is 35.5. The molecule has 0 unspecified atom stereocenters. The van der Waals surface area contributed by atoms with Gasteiger partial charge in [-0.15, -0.1) is 0 Å². The van der Waals surface area contributed by atoms with Crippen molar-refractivity contribution in [2.24, 2.45) is 5.41 Å². The van der Waals surface area contributed by atoms with Gasteiger partial charge in [-0.1, -0.05) is 19.8 Å². The van der Waals surface area contributed by atoms with Crippen LogP contribution in [0.15, 0.2) is 0 Å². The van der Waals surface area contributed by atoms with E-state index in [1.165, 1.54) is 12.8 Å². The number of aryl methyl sites for hydroxylation is 1. The minimum Gasteiger partial charge on any atom is -0.364 e. The van der Waals surface area contributed by atoms with Crippen molar-refractivity contribution in [2.45, 2.75) is 39.5 Å². The lowest BCUT2D eigenvalue weighted by molar-refractivity contribution is -0.385. The van der Waals surface area contributed by atoms with Crippen LogP contribution in [0.4, 0.5) is 11.5 Å². The first-order valence-electron chi connectivity index (χ1n) is 6.34. The van der Waals surface area contributed by atoms with E-state index in [1.54, 1.807) is 6.92 Å². The maximum atomic E-state index is 11.1. The lowest BCUT2D eigenvalue weighted by atomic mass is 9.89. The molecule has 19 heavy (non-hydrogen) atoms. The Bertz CT molecular complexity index is 501. The summed E-state index contributed by atoms with van der Waals surface area (Å²) in [6.45, 7) is 4.42. The highest BCUT2D eigenvalue weighted by molar-refractivity contribution is 6.28. The molecule has 1 aromatic rings. The van der Waals surface area contributed by atoms with E-state index in [0.717, 1.165) is 12.8 Å². The van der Waals surface area contributed by atoms with Gasteiger partial charge < -0.3 is 5.32 Å². The van der Waals surface area contributed by atoms with Crippen LogP contribution in [0.5, 0.6) is 0 Å². The second kappa shape index (κ2) is 5.28. The number of hydrogen-bond donors (Lipinski definition) is 1. The number of nitrogens with zero attached hydrogens (tertiary/aromatic N) is 3. The predicted octanol–water partition coefficient (Wildman–Crippen LogP) is 3.34. The normalized spacial score (nSPS) is 17.4. The Labute approximate surface area is 116 Å². The van der Waals surface area contributed by atoms with E-state index >= 15 is 0 Å². The Balaban J connectivity index is 2.21. The Morgan fingerprint density at radius 1 is 1.42 bits per heavy atom. The van der Waals surface area contributed by atoms with E-state index < -0.39 is 4.92 Å². The summed E-state index contributed by atoms with van der Waals surface area (Å²) >= 11 is 5.77. The summed E-state index contributed by atoms with van der Waals surface area (Å²) in [5.74, 6) is 0.218. The van der Waals surface area contributed by atoms with Crippen molar-refractivity contribution in [3.05, 3.63) is 21.1 Å². The first-order chi connectivity index (χ1) is 8.91. The molecular formula is C12H17ClN4O2. The van der Waals surface area contributed by atoms with Crippen molar-refractivity contribution in [1.82, 2.24) is 9.97 Å². The fraction of sp³-hybridized carbons (Fsp3) is 0.667. The van der Waals surface area contributed by atoms with Gasteiger partial charge in [0.25, 0.3) is 0 Å². The molecule has 0 aliphatic heterocycles.